The Kier molecular flexibility index (Phi) is 4.37. The zero-order chi connectivity index (χ0) is 14.9. The van der Waals surface area contributed by atoms with Gasteiger partial charge in [-0.05, 0) is 26.2 Å². The number of rotatable bonds is 5. The molecule has 0 radical (unpaired) electrons. The van der Waals surface area contributed by atoms with Crippen LogP contribution in [0.2, 0.25) is 0 Å². The van der Waals surface area contributed by atoms with Gasteiger partial charge in [-0.3, -0.25) is 14.5 Å². The van der Waals surface area contributed by atoms with Crippen LogP contribution >= 0.6 is 0 Å². The van der Waals surface area contributed by atoms with E-state index in [4.69, 9.17) is 0 Å². The highest BCUT2D eigenvalue weighted by atomic mass is 16.5. The van der Waals surface area contributed by atoms with Crippen molar-refractivity contribution in [3.05, 3.63) is 0 Å². The lowest BCUT2D eigenvalue weighted by Gasteiger charge is -2.25. The van der Waals surface area contributed by atoms with E-state index in [9.17, 15) is 9.59 Å². The van der Waals surface area contributed by atoms with Crippen LogP contribution < -0.4 is 5.32 Å². The highest BCUT2D eigenvalue weighted by Crippen LogP contribution is 2.33. The molecule has 5 nitrogen and oxygen atoms in total. The Morgan fingerprint density at radius 3 is 2.55 bits per heavy atom. The molecule has 0 bridgehead atoms. The van der Waals surface area contributed by atoms with Crippen molar-refractivity contribution in [2.45, 2.75) is 64.6 Å². The molecule has 20 heavy (non-hydrogen) atoms. The third kappa shape index (κ3) is 3.51. The predicted molar refractivity (Wildman–Crippen MR) is 76.2 cm³/mol. The van der Waals surface area contributed by atoms with Crippen molar-refractivity contribution in [2.24, 2.45) is 5.41 Å². The standard InChI is InChI=1S/C15H26N2O3/c1-10-7-11(9-17(10)12-5-6-12)16-14(19)15(2,3)8-13(18)20-4/h10-12H,5-9H2,1-4H3,(H,16,19)/t10-,11+/m1/s1. The minimum Gasteiger partial charge on any atom is -0.469 e. The Morgan fingerprint density at radius 2 is 2.00 bits per heavy atom. The minimum atomic E-state index is -0.719. The van der Waals surface area contributed by atoms with Crippen LogP contribution in [0.25, 0.3) is 0 Å². The summed E-state index contributed by atoms with van der Waals surface area (Å²) in [4.78, 5) is 26.2. The Balaban J connectivity index is 1.86. The molecule has 0 aromatic rings. The number of nitrogens with one attached hydrogen (secondary N) is 1. The summed E-state index contributed by atoms with van der Waals surface area (Å²) < 4.78 is 4.65. The van der Waals surface area contributed by atoms with E-state index < -0.39 is 5.41 Å². The lowest BCUT2D eigenvalue weighted by Crippen LogP contribution is -2.45. The van der Waals surface area contributed by atoms with Crippen molar-refractivity contribution in [1.82, 2.24) is 10.2 Å². The Morgan fingerprint density at radius 1 is 1.35 bits per heavy atom. The van der Waals surface area contributed by atoms with Crippen LogP contribution in [0.4, 0.5) is 0 Å². The molecule has 2 atom stereocenters. The summed E-state index contributed by atoms with van der Waals surface area (Å²) >= 11 is 0. The van der Waals surface area contributed by atoms with Crippen molar-refractivity contribution in [1.29, 1.82) is 0 Å². The van der Waals surface area contributed by atoms with Crippen molar-refractivity contribution < 1.29 is 14.3 Å². The van der Waals surface area contributed by atoms with Gasteiger partial charge in [0.2, 0.25) is 5.91 Å². The third-order valence-corrected chi connectivity index (χ3v) is 4.40. The summed E-state index contributed by atoms with van der Waals surface area (Å²) in [5, 5.41) is 3.10. The van der Waals surface area contributed by atoms with Gasteiger partial charge in [-0.1, -0.05) is 13.8 Å². The average molecular weight is 282 g/mol. The minimum absolute atomic E-state index is 0.0576. The van der Waals surface area contributed by atoms with Crippen LogP contribution in [0, 0.1) is 5.41 Å². The zero-order valence-corrected chi connectivity index (χ0v) is 12.9. The molecule has 1 aliphatic carbocycles. The number of methoxy groups -OCH3 is 1. The van der Waals surface area contributed by atoms with Crippen LogP contribution in [0.1, 0.15) is 46.5 Å². The summed E-state index contributed by atoms with van der Waals surface area (Å²) in [5.74, 6) is -0.401. The highest BCUT2D eigenvalue weighted by Gasteiger charge is 2.40. The first-order valence-electron chi connectivity index (χ1n) is 7.47. The number of ether oxygens (including phenoxy) is 1. The quantitative estimate of drug-likeness (QED) is 0.773. The molecule has 1 saturated heterocycles. The number of esters is 1. The van der Waals surface area contributed by atoms with Crippen LogP contribution in [0.5, 0.6) is 0 Å². The van der Waals surface area contributed by atoms with Crippen molar-refractivity contribution in [3.63, 3.8) is 0 Å². The predicted octanol–water partition coefficient (Wildman–Crippen LogP) is 1.32. The molecule has 2 fully saturated rings. The maximum atomic E-state index is 12.3. The number of nitrogens with zero attached hydrogens (tertiary/aromatic N) is 1. The van der Waals surface area contributed by atoms with Gasteiger partial charge >= 0.3 is 5.97 Å². The monoisotopic (exact) mass is 282 g/mol. The van der Waals surface area contributed by atoms with Gasteiger partial charge in [-0.25, -0.2) is 0 Å². The molecule has 0 aromatic heterocycles. The average Bonchev–Trinajstić information content (AvgIpc) is 3.13. The fraction of sp³-hybridized carbons (Fsp3) is 0.867. The lowest BCUT2D eigenvalue weighted by molar-refractivity contribution is -0.147. The topological polar surface area (TPSA) is 58.6 Å². The molecule has 1 aliphatic heterocycles. The van der Waals surface area contributed by atoms with Crippen molar-refractivity contribution in [3.8, 4) is 0 Å². The molecule has 1 amide bonds. The SMILES string of the molecule is COC(=O)CC(C)(C)C(=O)N[C@H]1C[C@@H](C)N(C2CC2)C1. The molecule has 1 heterocycles. The summed E-state index contributed by atoms with van der Waals surface area (Å²) in [6.45, 7) is 6.74. The van der Waals surface area contributed by atoms with E-state index in [0.29, 0.717) is 6.04 Å². The van der Waals surface area contributed by atoms with Crippen molar-refractivity contribution >= 4 is 11.9 Å². The first-order chi connectivity index (χ1) is 9.33. The number of hydrogen-bond donors (Lipinski definition) is 1. The van der Waals surface area contributed by atoms with Gasteiger partial charge in [0.05, 0.1) is 18.9 Å². The summed E-state index contributed by atoms with van der Waals surface area (Å²) in [5.41, 5.74) is -0.719. The van der Waals surface area contributed by atoms with E-state index >= 15 is 0 Å². The van der Waals surface area contributed by atoms with E-state index in [0.717, 1.165) is 19.0 Å². The Hall–Kier alpha value is -1.10. The molecule has 2 aliphatic rings. The summed E-state index contributed by atoms with van der Waals surface area (Å²) in [6.07, 6.45) is 3.69. The molecular formula is C15H26N2O3. The molecule has 0 spiro atoms. The van der Waals surface area contributed by atoms with Gasteiger partial charge in [0, 0.05) is 24.7 Å². The maximum absolute atomic E-state index is 12.3. The van der Waals surface area contributed by atoms with Gasteiger partial charge in [0.1, 0.15) is 0 Å². The molecule has 1 saturated carbocycles. The smallest absolute Gasteiger partial charge is 0.306 e. The second-order valence-corrected chi connectivity index (χ2v) is 6.82. The zero-order valence-electron chi connectivity index (χ0n) is 12.9. The number of carbonyl (C=O) groups excluding carboxylic acids is 2. The van der Waals surface area contributed by atoms with E-state index in [1.807, 2.05) is 0 Å². The van der Waals surface area contributed by atoms with Crippen molar-refractivity contribution in [2.75, 3.05) is 13.7 Å². The summed E-state index contributed by atoms with van der Waals surface area (Å²) in [6, 6.07) is 1.47. The van der Waals surface area contributed by atoms with Crippen LogP contribution in [-0.2, 0) is 14.3 Å². The first-order valence-corrected chi connectivity index (χ1v) is 7.47. The third-order valence-electron chi connectivity index (χ3n) is 4.40. The van der Waals surface area contributed by atoms with Gasteiger partial charge in [-0.2, -0.15) is 0 Å². The summed E-state index contributed by atoms with van der Waals surface area (Å²) in [7, 11) is 1.35. The Bertz CT molecular complexity index is 391. The van der Waals surface area contributed by atoms with Gasteiger partial charge < -0.3 is 10.1 Å². The molecule has 2 rings (SSSR count). The molecular weight excluding hydrogens is 256 g/mol. The Labute approximate surface area is 121 Å². The maximum Gasteiger partial charge on any atom is 0.306 e. The van der Waals surface area contributed by atoms with Gasteiger partial charge in [0.15, 0.2) is 0 Å². The van der Waals surface area contributed by atoms with E-state index in [1.54, 1.807) is 13.8 Å². The molecule has 0 unspecified atom stereocenters. The number of hydrogen-bond acceptors (Lipinski definition) is 4. The second-order valence-electron chi connectivity index (χ2n) is 6.82. The lowest BCUT2D eigenvalue weighted by atomic mass is 9.88. The van der Waals surface area contributed by atoms with Crippen LogP contribution in [0.3, 0.4) is 0 Å². The van der Waals surface area contributed by atoms with Crippen LogP contribution in [-0.4, -0.2) is 48.6 Å². The highest BCUT2D eigenvalue weighted by molar-refractivity contribution is 5.86. The molecule has 1 N–H and O–H groups in total. The number of amides is 1. The fourth-order valence-corrected chi connectivity index (χ4v) is 2.97. The van der Waals surface area contributed by atoms with E-state index in [2.05, 4.69) is 21.9 Å². The van der Waals surface area contributed by atoms with E-state index in [1.165, 1.54) is 20.0 Å². The number of likely N-dealkylation sites (tertiary alicyclic amines) is 1. The van der Waals surface area contributed by atoms with Crippen LogP contribution in [0.15, 0.2) is 0 Å². The molecule has 114 valence electrons. The largest absolute Gasteiger partial charge is 0.469 e. The second kappa shape index (κ2) is 5.72. The molecule has 5 heteroatoms. The number of carbonyl (C=O) groups is 2. The van der Waals surface area contributed by atoms with E-state index in [-0.39, 0.29) is 24.3 Å². The molecule has 0 aromatic carbocycles. The van der Waals surface area contributed by atoms with Gasteiger partial charge in [-0.15, -0.1) is 0 Å². The fourth-order valence-electron chi connectivity index (χ4n) is 2.97. The first kappa shape index (κ1) is 15.3. The normalized spacial score (nSPS) is 27.4. The van der Waals surface area contributed by atoms with Gasteiger partial charge in [0.25, 0.3) is 0 Å².